The molecule has 216 valence electrons. The Kier molecular flexibility index (Phi) is 5.38. The number of nitriles is 1. The number of benzene rings is 10. The van der Waals surface area contributed by atoms with Crippen LogP contribution in [0.4, 0.5) is 17.1 Å². The SMILES string of the molecule is N#Cc1ccc(-c2cccc(N(c3ccc4ccc5cccc6ccc3c4c56)c3ccc4ccc5cccc6ccc3c4c56)c2)cc1. The van der Waals surface area contributed by atoms with E-state index in [-0.39, 0.29) is 0 Å². The highest BCUT2D eigenvalue weighted by Crippen LogP contribution is 2.48. The molecule has 0 atom stereocenters. The fourth-order valence-corrected chi connectivity index (χ4v) is 7.80. The number of hydrogen-bond donors (Lipinski definition) is 0. The van der Waals surface area contributed by atoms with E-state index >= 15 is 0 Å². The molecule has 10 rings (SSSR count). The highest BCUT2D eigenvalue weighted by Gasteiger charge is 2.22. The van der Waals surface area contributed by atoms with Crippen molar-refractivity contribution in [1.82, 2.24) is 0 Å². The van der Waals surface area contributed by atoms with Crippen molar-refractivity contribution in [1.29, 1.82) is 5.26 Å². The van der Waals surface area contributed by atoms with Crippen molar-refractivity contribution in [3.8, 4) is 17.2 Å². The molecule has 0 aromatic heterocycles. The standard InChI is InChI=1S/C45H26N2/c46-27-28-10-12-29(13-11-28)36-8-3-9-37(26-36)47(40-24-20-34-16-14-30-4-1-6-32-18-22-38(40)44(34)42(30)32)41-25-21-35-17-15-31-5-2-7-33-19-23-39(41)45(35)43(31)33/h1-26H. The van der Waals surface area contributed by atoms with E-state index in [2.05, 4.69) is 144 Å². The second kappa shape index (κ2) is 9.78. The quantitative estimate of drug-likeness (QED) is 0.190. The minimum absolute atomic E-state index is 0.661. The lowest BCUT2D eigenvalue weighted by atomic mass is 9.91. The monoisotopic (exact) mass is 594 g/mol. The van der Waals surface area contributed by atoms with E-state index in [9.17, 15) is 5.26 Å². The van der Waals surface area contributed by atoms with Crippen molar-refractivity contribution in [2.75, 3.05) is 4.90 Å². The van der Waals surface area contributed by atoms with Gasteiger partial charge in [-0.1, -0.05) is 121 Å². The summed E-state index contributed by atoms with van der Waals surface area (Å²) in [5, 5.41) is 24.6. The molecule has 10 aromatic rings. The molecular formula is C45H26N2. The highest BCUT2D eigenvalue weighted by atomic mass is 15.1. The fourth-order valence-electron chi connectivity index (χ4n) is 7.80. The Morgan fingerprint density at radius 2 is 0.830 bits per heavy atom. The molecule has 47 heavy (non-hydrogen) atoms. The van der Waals surface area contributed by atoms with E-state index in [1.807, 2.05) is 24.3 Å². The lowest BCUT2D eigenvalue weighted by Gasteiger charge is -2.30. The Balaban J connectivity index is 1.30. The molecule has 0 radical (unpaired) electrons. The zero-order valence-electron chi connectivity index (χ0n) is 25.4. The number of hydrogen-bond acceptors (Lipinski definition) is 2. The third kappa shape index (κ3) is 3.78. The van der Waals surface area contributed by atoms with Gasteiger partial charge in [0.1, 0.15) is 0 Å². The first-order valence-electron chi connectivity index (χ1n) is 16.0. The molecule has 0 N–H and O–H groups in total. The lowest BCUT2D eigenvalue weighted by molar-refractivity contribution is 1.32. The minimum Gasteiger partial charge on any atom is -0.309 e. The molecule has 2 heteroatoms. The van der Waals surface area contributed by atoms with Crippen molar-refractivity contribution in [3.63, 3.8) is 0 Å². The number of anilines is 3. The molecule has 0 saturated carbocycles. The van der Waals surface area contributed by atoms with Crippen molar-refractivity contribution in [2.24, 2.45) is 0 Å². The van der Waals surface area contributed by atoms with E-state index in [1.54, 1.807) is 0 Å². The largest absolute Gasteiger partial charge is 0.309 e. The van der Waals surface area contributed by atoms with Crippen LogP contribution < -0.4 is 4.90 Å². The summed E-state index contributed by atoms with van der Waals surface area (Å²) in [4.78, 5) is 2.45. The minimum atomic E-state index is 0.661. The van der Waals surface area contributed by atoms with Gasteiger partial charge >= 0.3 is 0 Å². The van der Waals surface area contributed by atoms with Gasteiger partial charge in [-0.25, -0.2) is 0 Å². The highest BCUT2D eigenvalue weighted by molar-refractivity contribution is 6.28. The molecule has 0 unspecified atom stereocenters. The maximum absolute atomic E-state index is 9.39. The van der Waals surface area contributed by atoms with Crippen LogP contribution >= 0.6 is 0 Å². The van der Waals surface area contributed by atoms with Gasteiger partial charge < -0.3 is 4.90 Å². The molecule has 10 aromatic carbocycles. The van der Waals surface area contributed by atoms with E-state index in [1.165, 1.54) is 64.6 Å². The van der Waals surface area contributed by atoms with Gasteiger partial charge in [0.05, 0.1) is 23.0 Å². The Labute approximate surface area is 271 Å². The molecule has 0 amide bonds. The van der Waals surface area contributed by atoms with E-state index in [0.717, 1.165) is 28.2 Å². The van der Waals surface area contributed by atoms with E-state index < -0.39 is 0 Å². The molecule has 0 spiro atoms. The summed E-state index contributed by atoms with van der Waals surface area (Å²) < 4.78 is 0. The van der Waals surface area contributed by atoms with Gasteiger partial charge in [-0.05, 0) is 101 Å². The van der Waals surface area contributed by atoms with E-state index in [4.69, 9.17) is 0 Å². The van der Waals surface area contributed by atoms with Crippen LogP contribution in [0.15, 0.2) is 158 Å². The predicted octanol–water partition coefficient (Wildman–Crippen LogP) is 12.5. The van der Waals surface area contributed by atoms with Crippen molar-refractivity contribution in [3.05, 3.63) is 163 Å². The zero-order chi connectivity index (χ0) is 31.1. The number of nitrogens with zero attached hydrogens (tertiary/aromatic N) is 2. The van der Waals surface area contributed by atoms with Gasteiger partial charge in [0.15, 0.2) is 0 Å². The summed E-state index contributed by atoms with van der Waals surface area (Å²) in [5.74, 6) is 0. The Morgan fingerprint density at radius 3 is 1.34 bits per heavy atom. The van der Waals surface area contributed by atoms with Crippen molar-refractivity contribution in [2.45, 2.75) is 0 Å². The predicted molar refractivity (Wildman–Crippen MR) is 199 cm³/mol. The van der Waals surface area contributed by atoms with Crippen LogP contribution in [-0.2, 0) is 0 Å². The summed E-state index contributed by atoms with van der Waals surface area (Å²) in [5.41, 5.74) is 6.21. The molecule has 0 fully saturated rings. The normalized spacial score (nSPS) is 11.8. The van der Waals surface area contributed by atoms with Gasteiger partial charge in [-0.2, -0.15) is 5.26 Å². The third-order valence-corrected chi connectivity index (χ3v) is 9.94. The van der Waals surface area contributed by atoms with Crippen LogP contribution in [0.25, 0.3) is 75.8 Å². The summed E-state index contributed by atoms with van der Waals surface area (Å²) in [7, 11) is 0. The third-order valence-electron chi connectivity index (χ3n) is 9.94. The Morgan fingerprint density at radius 1 is 0.383 bits per heavy atom. The van der Waals surface area contributed by atoms with Crippen LogP contribution in [0.2, 0.25) is 0 Å². The lowest BCUT2D eigenvalue weighted by Crippen LogP contribution is -2.11. The second-order valence-corrected chi connectivity index (χ2v) is 12.5. The molecule has 0 heterocycles. The van der Waals surface area contributed by atoms with Gasteiger partial charge in [0.2, 0.25) is 0 Å². The molecule has 2 nitrogen and oxygen atoms in total. The second-order valence-electron chi connectivity index (χ2n) is 12.5. The van der Waals surface area contributed by atoms with Gasteiger partial charge in [-0.15, -0.1) is 0 Å². The molecule has 0 aliphatic heterocycles. The summed E-state index contributed by atoms with van der Waals surface area (Å²) in [6, 6.07) is 59.3. The molecular weight excluding hydrogens is 569 g/mol. The number of rotatable bonds is 4. The summed E-state index contributed by atoms with van der Waals surface area (Å²) in [6.45, 7) is 0. The molecule has 0 bridgehead atoms. The summed E-state index contributed by atoms with van der Waals surface area (Å²) >= 11 is 0. The Hall–Kier alpha value is -6.43. The van der Waals surface area contributed by atoms with Crippen LogP contribution in [0, 0.1) is 11.3 Å². The first kappa shape index (κ1) is 25.9. The Bertz CT molecular complexity index is 2680. The van der Waals surface area contributed by atoms with Crippen LogP contribution in [0.1, 0.15) is 5.56 Å². The average molecular weight is 595 g/mol. The van der Waals surface area contributed by atoms with Gasteiger partial charge in [0, 0.05) is 16.5 Å². The first-order chi connectivity index (χ1) is 23.2. The maximum atomic E-state index is 9.39. The van der Waals surface area contributed by atoms with Crippen molar-refractivity contribution >= 4 is 81.7 Å². The topological polar surface area (TPSA) is 27.0 Å². The average Bonchev–Trinajstić information content (AvgIpc) is 3.14. The fraction of sp³-hybridized carbons (Fsp3) is 0. The van der Waals surface area contributed by atoms with Crippen LogP contribution in [-0.4, -0.2) is 0 Å². The van der Waals surface area contributed by atoms with Crippen molar-refractivity contribution < 1.29 is 0 Å². The zero-order valence-corrected chi connectivity index (χ0v) is 25.4. The summed E-state index contributed by atoms with van der Waals surface area (Å²) in [6.07, 6.45) is 0. The maximum Gasteiger partial charge on any atom is 0.0991 e. The van der Waals surface area contributed by atoms with Crippen LogP contribution in [0.5, 0.6) is 0 Å². The van der Waals surface area contributed by atoms with Crippen LogP contribution in [0.3, 0.4) is 0 Å². The van der Waals surface area contributed by atoms with Gasteiger partial charge in [-0.3, -0.25) is 0 Å². The smallest absolute Gasteiger partial charge is 0.0991 e. The first-order valence-corrected chi connectivity index (χ1v) is 16.0. The molecule has 0 aliphatic carbocycles. The van der Waals surface area contributed by atoms with Gasteiger partial charge in [0.25, 0.3) is 0 Å². The van der Waals surface area contributed by atoms with E-state index in [0.29, 0.717) is 5.56 Å². The molecule has 0 aliphatic rings. The molecule has 0 saturated heterocycles.